The molecule has 0 saturated heterocycles. The first-order chi connectivity index (χ1) is 5.57. The fraction of sp³-hybridized carbons (Fsp3) is 0.875. The van der Waals surface area contributed by atoms with Crippen molar-refractivity contribution in [2.24, 2.45) is 17.4 Å². The smallest absolute Gasteiger partial charge is 0.176 e. The van der Waals surface area contributed by atoms with Gasteiger partial charge in [-0.05, 0) is 24.6 Å². The van der Waals surface area contributed by atoms with Crippen molar-refractivity contribution in [1.82, 2.24) is 0 Å². The minimum atomic E-state index is -0.133. The summed E-state index contributed by atoms with van der Waals surface area (Å²) in [5.74, 6) is 0.541. The Morgan fingerprint density at radius 3 is 2.21 bits per heavy atom. The number of ether oxygens (including phenoxy) is 1. The SMILES string of the molecule is CC(C)C[C@H](N)C(=S)OCCN.Cl.Cl. The fourth-order valence-corrected chi connectivity index (χ4v) is 1.05. The number of halogens is 2. The van der Waals surface area contributed by atoms with E-state index in [2.05, 4.69) is 13.8 Å². The molecule has 0 aliphatic carbocycles. The Kier molecular flexibility index (Phi) is 16.3. The Labute approximate surface area is 104 Å². The van der Waals surface area contributed by atoms with Crippen LogP contribution in [0.4, 0.5) is 0 Å². The van der Waals surface area contributed by atoms with E-state index in [1.807, 2.05) is 0 Å². The van der Waals surface area contributed by atoms with Crippen LogP contribution >= 0.6 is 37.0 Å². The quantitative estimate of drug-likeness (QED) is 0.738. The summed E-state index contributed by atoms with van der Waals surface area (Å²) in [7, 11) is 0. The predicted molar refractivity (Wildman–Crippen MR) is 69.5 cm³/mol. The molecule has 0 aromatic rings. The van der Waals surface area contributed by atoms with E-state index in [-0.39, 0.29) is 30.9 Å². The maximum atomic E-state index is 5.75. The highest BCUT2D eigenvalue weighted by Gasteiger charge is 2.11. The number of nitrogens with two attached hydrogens (primary N) is 2. The number of hydrogen-bond donors (Lipinski definition) is 2. The molecule has 1 atom stereocenters. The summed E-state index contributed by atoms with van der Waals surface area (Å²) in [5.41, 5.74) is 11.0. The number of hydrogen-bond acceptors (Lipinski definition) is 4. The Morgan fingerprint density at radius 1 is 1.36 bits per heavy atom. The topological polar surface area (TPSA) is 61.3 Å². The van der Waals surface area contributed by atoms with E-state index < -0.39 is 0 Å². The average molecular weight is 263 g/mol. The zero-order valence-electron chi connectivity index (χ0n) is 8.56. The van der Waals surface area contributed by atoms with E-state index in [0.29, 0.717) is 24.1 Å². The Hall–Kier alpha value is 0.390. The van der Waals surface area contributed by atoms with Gasteiger partial charge in [0.15, 0.2) is 5.05 Å². The molecule has 3 nitrogen and oxygen atoms in total. The van der Waals surface area contributed by atoms with Gasteiger partial charge in [0.05, 0.1) is 6.04 Å². The molecule has 0 aromatic heterocycles. The van der Waals surface area contributed by atoms with Crippen LogP contribution in [0.5, 0.6) is 0 Å². The molecular weight excluding hydrogens is 243 g/mol. The van der Waals surface area contributed by atoms with Crippen molar-refractivity contribution in [3.63, 3.8) is 0 Å². The number of rotatable bonds is 5. The highest BCUT2D eigenvalue weighted by atomic mass is 35.5. The van der Waals surface area contributed by atoms with Crippen LogP contribution in [0, 0.1) is 5.92 Å². The van der Waals surface area contributed by atoms with Gasteiger partial charge >= 0.3 is 0 Å². The molecule has 0 saturated carbocycles. The molecule has 88 valence electrons. The van der Waals surface area contributed by atoms with Crippen LogP contribution in [0.3, 0.4) is 0 Å². The lowest BCUT2D eigenvalue weighted by molar-refractivity contribution is 0.305. The van der Waals surface area contributed by atoms with Crippen LogP contribution in [0.1, 0.15) is 20.3 Å². The molecule has 6 heteroatoms. The zero-order chi connectivity index (χ0) is 9.56. The monoisotopic (exact) mass is 262 g/mol. The van der Waals surface area contributed by atoms with Gasteiger partial charge in [-0.15, -0.1) is 24.8 Å². The van der Waals surface area contributed by atoms with Gasteiger partial charge in [0.1, 0.15) is 6.61 Å². The van der Waals surface area contributed by atoms with E-state index in [1.165, 1.54) is 0 Å². The van der Waals surface area contributed by atoms with Gasteiger partial charge in [-0.2, -0.15) is 0 Å². The van der Waals surface area contributed by atoms with Gasteiger partial charge < -0.3 is 16.2 Å². The molecular formula is C8H20Cl2N2OS. The second kappa shape index (κ2) is 11.5. The first-order valence-electron chi connectivity index (χ1n) is 4.20. The Bertz CT molecular complexity index is 147. The summed E-state index contributed by atoms with van der Waals surface area (Å²) in [6.45, 7) is 5.15. The summed E-state index contributed by atoms with van der Waals surface area (Å²) in [6, 6.07) is -0.133. The van der Waals surface area contributed by atoms with Crippen molar-refractivity contribution in [3.05, 3.63) is 0 Å². The van der Waals surface area contributed by atoms with E-state index in [0.717, 1.165) is 6.42 Å². The molecule has 0 unspecified atom stereocenters. The van der Waals surface area contributed by atoms with Crippen LogP contribution in [0.2, 0.25) is 0 Å². The van der Waals surface area contributed by atoms with Crippen LogP contribution in [0.25, 0.3) is 0 Å². The Morgan fingerprint density at radius 2 is 1.86 bits per heavy atom. The van der Waals surface area contributed by atoms with Crippen LogP contribution in [-0.2, 0) is 4.74 Å². The molecule has 0 heterocycles. The first-order valence-corrected chi connectivity index (χ1v) is 4.61. The second-order valence-electron chi connectivity index (χ2n) is 3.19. The normalized spacial score (nSPS) is 11.2. The summed E-state index contributed by atoms with van der Waals surface area (Å²) in [6.07, 6.45) is 0.864. The molecule has 0 bridgehead atoms. The molecule has 0 rings (SSSR count). The predicted octanol–water partition coefficient (Wildman–Crippen LogP) is 1.51. The highest BCUT2D eigenvalue weighted by molar-refractivity contribution is 7.80. The van der Waals surface area contributed by atoms with E-state index in [9.17, 15) is 0 Å². The summed E-state index contributed by atoms with van der Waals surface area (Å²) < 4.78 is 5.14. The van der Waals surface area contributed by atoms with Crippen LogP contribution in [-0.4, -0.2) is 24.2 Å². The molecule has 0 aliphatic heterocycles. The lowest BCUT2D eigenvalue weighted by atomic mass is 10.1. The van der Waals surface area contributed by atoms with Gasteiger partial charge in [0.25, 0.3) is 0 Å². The van der Waals surface area contributed by atoms with E-state index in [1.54, 1.807) is 0 Å². The third kappa shape index (κ3) is 10.5. The lowest BCUT2D eigenvalue weighted by Gasteiger charge is -2.15. The summed E-state index contributed by atoms with van der Waals surface area (Å²) in [4.78, 5) is 0. The molecule has 0 amide bonds. The summed E-state index contributed by atoms with van der Waals surface area (Å²) in [5, 5.41) is 0.481. The fourth-order valence-electron chi connectivity index (χ4n) is 0.871. The van der Waals surface area contributed by atoms with E-state index >= 15 is 0 Å². The van der Waals surface area contributed by atoms with Crippen molar-refractivity contribution < 1.29 is 4.74 Å². The molecule has 0 aromatic carbocycles. The van der Waals surface area contributed by atoms with Gasteiger partial charge in [-0.1, -0.05) is 13.8 Å². The van der Waals surface area contributed by atoms with Crippen molar-refractivity contribution in [2.45, 2.75) is 26.3 Å². The molecule has 0 aliphatic rings. The average Bonchev–Trinajstić information content (AvgIpc) is 1.98. The molecule has 0 spiro atoms. The first kappa shape index (κ1) is 19.9. The second-order valence-corrected chi connectivity index (χ2v) is 3.59. The lowest BCUT2D eigenvalue weighted by Crippen LogP contribution is -2.33. The van der Waals surface area contributed by atoms with Gasteiger partial charge in [0.2, 0.25) is 0 Å². The minimum Gasteiger partial charge on any atom is -0.484 e. The third-order valence-electron chi connectivity index (χ3n) is 1.39. The van der Waals surface area contributed by atoms with Gasteiger partial charge in [-0.25, -0.2) is 0 Å². The minimum absolute atomic E-state index is 0. The third-order valence-corrected chi connectivity index (χ3v) is 1.81. The zero-order valence-corrected chi connectivity index (χ0v) is 11.0. The summed E-state index contributed by atoms with van der Waals surface area (Å²) >= 11 is 4.96. The van der Waals surface area contributed by atoms with Crippen molar-refractivity contribution in [2.75, 3.05) is 13.2 Å². The van der Waals surface area contributed by atoms with Crippen molar-refractivity contribution in [3.8, 4) is 0 Å². The maximum absolute atomic E-state index is 5.75. The van der Waals surface area contributed by atoms with Gasteiger partial charge in [0, 0.05) is 6.54 Å². The van der Waals surface area contributed by atoms with Crippen molar-refractivity contribution >= 4 is 42.1 Å². The van der Waals surface area contributed by atoms with Crippen LogP contribution < -0.4 is 11.5 Å². The molecule has 0 radical (unpaired) electrons. The molecule has 14 heavy (non-hydrogen) atoms. The standard InChI is InChI=1S/C8H18N2OS.2ClH/c1-6(2)5-7(10)8(12)11-4-3-9;;/h6-7H,3-5,9-10H2,1-2H3;2*1H/t7-;;/m0../s1. The molecule has 4 N–H and O–H groups in total. The largest absolute Gasteiger partial charge is 0.484 e. The molecule has 0 fully saturated rings. The van der Waals surface area contributed by atoms with Crippen LogP contribution in [0.15, 0.2) is 0 Å². The van der Waals surface area contributed by atoms with Gasteiger partial charge in [-0.3, -0.25) is 0 Å². The number of thiocarbonyl (C=S) groups is 1. The maximum Gasteiger partial charge on any atom is 0.176 e. The highest BCUT2D eigenvalue weighted by Crippen LogP contribution is 2.04. The van der Waals surface area contributed by atoms with Crippen molar-refractivity contribution in [1.29, 1.82) is 0 Å². The van der Waals surface area contributed by atoms with E-state index in [4.69, 9.17) is 28.4 Å². The Balaban J connectivity index is -0.000000605.